The highest BCUT2D eigenvalue weighted by Gasteiger charge is 2.66. The molecule has 0 aliphatic carbocycles. The minimum Gasteiger partial charge on any atom is -0.507 e. The molecule has 2 saturated heterocycles. The molecule has 0 radical (unpaired) electrons. The minimum atomic E-state index is -2.35. The number of carbonyl (C=O) groups excluding carboxylic acids is 4. The van der Waals surface area contributed by atoms with Crippen molar-refractivity contribution in [2.24, 2.45) is 0 Å². The summed E-state index contributed by atoms with van der Waals surface area (Å²) < 4.78 is 0. The van der Waals surface area contributed by atoms with Gasteiger partial charge in [0.05, 0.1) is 17.3 Å². The van der Waals surface area contributed by atoms with Gasteiger partial charge in [-0.25, -0.2) is 4.79 Å². The van der Waals surface area contributed by atoms with E-state index in [1.165, 1.54) is 36.4 Å². The summed E-state index contributed by atoms with van der Waals surface area (Å²) in [5.74, 6) is -4.12. The van der Waals surface area contributed by atoms with Crippen LogP contribution >= 0.6 is 11.6 Å². The highest BCUT2D eigenvalue weighted by Crippen LogP contribution is 2.42. The van der Waals surface area contributed by atoms with E-state index in [0.29, 0.717) is 0 Å². The number of hydrogen-bond donors (Lipinski definition) is 4. The number of nitrogens with one attached hydrogen (secondary N) is 2. The van der Waals surface area contributed by atoms with E-state index in [-0.39, 0.29) is 21.8 Å². The van der Waals surface area contributed by atoms with Crippen LogP contribution in [-0.4, -0.2) is 39.5 Å². The molecular formula is C20H14ClN3O6. The molecule has 4 N–H and O–H groups in total. The van der Waals surface area contributed by atoms with Crippen LogP contribution < -0.4 is 15.5 Å². The Morgan fingerprint density at radius 1 is 1.03 bits per heavy atom. The molecule has 0 bridgehead atoms. The van der Waals surface area contributed by atoms with Crippen molar-refractivity contribution in [2.45, 2.75) is 12.3 Å². The maximum atomic E-state index is 13.0. The Hall–Kier alpha value is -3.69. The highest BCUT2D eigenvalue weighted by atomic mass is 35.5. The fourth-order valence-corrected chi connectivity index (χ4v) is 3.86. The number of amides is 4. The number of Topliss-reactive ketones (excluding diaryl/α,β-unsaturated/α-hetero) is 1. The summed E-state index contributed by atoms with van der Waals surface area (Å²) in [4.78, 5) is 51.7. The summed E-state index contributed by atoms with van der Waals surface area (Å²) in [6, 6.07) is 11.0. The van der Waals surface area contributed by atoms with Crippen molar-refractivity contribution in [1.82, 2.24) is 10.6 Å². The predicted molar refractivity (Wildman–Crippen MR) is 105 cm³/mol. The van der Waals surface area contributed by atoms with Gasteiger partial charge in [-0.3, -0.25) is 24.6 Å². The van der Waals surface area contributed by atoms with Crippen LogP contribution in [0.2, 0.25) is 5.02 Å². The van der Waals surface area contributed by atoms with Gasteiger partial charge in [0.2, 0.25) is 5.66 Å². The molecule has 1 unspecified atom stereocenters. The molecule has 30 heavy (non-hydrogen) atoms. The number of imide groups is 1. The zero-order chi connectivity index (χ0) is 21.6. The first-order valence-electron chi connectivity index (χ1n) is 8.72. The molecule has 9 nitrogen and oxygen atoms in total. The molecule has 10 heteroatoms. The van der Waals surface area contributed by atoms with Gasteiger partial charge in [0, 0.05) is 11.1 Å². The topological polar surface area (TPSA) is 136 Å². The van der Waals surface area contributed by atoms with E-state index in [2.05, 4.69) is 5.32 Å². The maximum Gasteiger partial charge on any atom is 0.324 e. The van der Waals surface area contributed by atoms with Gasteiger partial charge in [-0.2, -0.15) is 0 Å². The maximum absolute atomic E-state index is 13.0. The fraction of sp³-hybridized carbons (Fsp3) is 0.100. The van der Waals surface area contributed by atoms with Crippen LogP contribution in [0.3, 0.4) is 0 Å². The summed E-state index contributed by atoms with van der Waals surface area (Å²) in [6.45, 7) is -0.505. The van der Waals surface area contributed by atoms with Gasteiger partial charge < -0.3 is 15.5 Å². The number of nitrogens with zero attached hydrogens (tertiary/aromatic N) is 1. The number of anilines is 1. The van der Waals surface area contributed by atoms with Crippen molar-refractivity contribution in [3.05, 3.63) is 70.3 Å². The van der Waals surface area contributed by atoms with E-state index in [4.69, 9.17) is 11.6 Å². The van der Waals surface area contributed by atoms with Crippen LogP contribution in [-0.2, 0) is 21.0 Å². The zero-order valence-corrected chi connectivity index (χ0v) is 15.9. The molecule has 2 aromatic carbocycles. The van der Waals surface area contributed by atoms with Gasteiger partial charge >= 0.3 is 11.9 Å². The summed E-state index contributed by atoms with van der Waals surface area (Å²) in [5, 5.41) is 25.0. The van der Waals surface area contributed by atoms with Crippen LogP contribution in [0.5, 0.6) is 0 Å². The number of urea groups is 1. The third-order valence-electron chi connectivity index (χ3n) is 4.94. The highest BCUT2D eigenvalue weighted by molar-refractivity contribution is 6.55. The fourth-order valence-electron chi connectivity index (χ4n) is 3.64. The first-order valence-corrected chi connectivity index (χ1v) is 9.10. The number of ketones is 1. The molecule has 1 atom stereocenters. The number of carbonyl (C=O) groups is 4. The largest absolute Gasteiger partial charge is 0.507 e. The van der Waals surface area contributed by atoms with Gasteiger partial charge in [0.25, 0.3) is 11.7 Å². The number of benzene rings is 2. The van der Waals surface area contributed by atoms with Gasteiger partial charge in [-0.1, -0.05) is 41.9 Å². The Bertz CT molecular complexity index is 1160. The first kappa shape index (κ1) is 19.6. The summed E-state index contributed by atoms with van der Waals surface area (Å²) >= 11 is 6.12. The van der Waals surface area contributed by atoms with Crippen LogP contribution in [0.25, 0.3) is 5.76 Å². The predicted octanol–water partition coefficient (Wildman–Crippen LogP) is 1.25. The Morgan fingerprint density at radius 3 is 2.33 bits per heavy atom. The van der Waals surface area contributed by atoms with E-state index in [1.54, 1.807) is 12.1 Å². The van der Waals surface area contributed by atoms with Gasteiger partial charge in [0.1, 0.15) is 11.3 Å². The van der Waals surface area contributed by atoms with E-state index in [9.17, 15) is 29.4 Å². The standard InChI is InChI=1S/C20H14ClN3O6/c21-12-7-3-2-6-11(12)15(26)14-16(27)17(28)24(13-8-4-1-5-10(13)9-25)20(14)18(29)22-19(30)23-20/h1-8,25-26H,9H2,(H2,22,23,29,30)/b15-14-. The Morgan fingerprint density at radius 2 is 1.70 bits per heavy atom. The lowest BCUT2D eigenvalue weighted by atomic mass is 9.94. The molecule has 2 aliphatic heterocycles. The second kappa shape index (κ2) is 6.97. The number of para-hydroxylation sites is 1. The molecule has 2 aliphatic rings. The second-order valence-corrected chi connectivity index (χ2v) is 6.99. The molecule has 0 aromatic heterocycles. The Balaban J connectivity index is 2.05. The van der Waals surface area contributed by atoms with Crippen LogP contribution in [0.4, 0.5) is 10.5 Å². The number of hydrogen-bond acceptors (Lipinski definition) is 6. The summed E-state index contributed by atoms with van der Waals surface area (Å²) in [5.41, 5.74) is -2.74. The third-order valence-corrected chi connectivity index (χ3v) is 5.27. The Labute approximate surface area is 174 Å². The lowest BCUT2D eigenvalue weighted by Crippen LogP contribution is -2.60. The van der Waals surface area contributed by atoms with Crippen molar-refractivity contribution in [3.8, 4) is 0 Å². The zero-order valence-electron chi connectivity index (χ0n) is 15.2. The first-order chi connectivity index (χ1) is 14.3. The molecule has 0 saturated carbocycles. The second-order valence-electron chi connectivity index (χ2n) is 6.58. The van der Waals surface area contributed by atoms with Crippen molar-refractivity contribution in [3.63, 3.8) is 0 Å². The molecule has 4 amide bonds. The molecule has 1 spiro atoms. The number of aliphatic hydroxyl groups excluding tert-OH is 2. The van der Waals surface area contributed by atoms with Gasteiger partial charge in [0.15, 0.2) is 0 Å². The van der Waals surface area contributed by atoms with Crippen LogP contribution in [0.1, 0.15) is 11.1 Å². The monoisotopic (exact) mass is 427 g/mol. The Kier molecular flexibility index (Phi) is 4.56. The number of aliphatic hydroxyl groups is 2. The van der Waals surface area contributed by atoms with Crippen molar-refractivity contribution >= 4 is 46.7 Å². The SMILES string of the molecule is O=C1NC(=O)C2(N1)/C(=C(\O)c1ccccc1Cl)C(=O)C(=O)N2c1ccccc1CO. The van der Waals surface area contributed by atoms with E-state index >= 15 is 0 Å². The van der Waals surface area contributed by atoms with Crippen LogP contribution in [0, 0.1) is 0 Å². The van der Waals surface area contributed by atoms with E-state index in [0.717, 1.165) is 4.90 Å². The van der Waals surface area contributed by atoms with E-state index < -0.39 is 47.2 Å². The number of halogens is 1. The quantitative estimate of drug-likeness (QED) is 0.252. The molecule has 2 heterocycles. The smallest absolute Gasteiger partial charge is 0.324 e. The molecule has 152 valence electrons. The van der Waals surface area contributed by atoms with Crippen molar-refractivity contribution < 1.29 is 29.4 Å². The van der Waals surface area contributed by atoms with Crippen molar-refractivity contribution in [1.29, 1.82) is 0 Å². The lowest BCUT2D eigenvalue weighted by Gasteiger charge is -2.33. The average molecular weight is 428 g/mol. The third kappa shape index (κ3) is 2.60. The van der Waals surface area contributed by atoms with Gasteiger partial charge in [-0.15, -0.1) is 0 Å². The van der Waals surface area contributed by atoms with E-state index in [1.807, 2.05) is 5.32 Å². The lowest BCUT2D eigenvalue weighted by molar-refractivity contribution is -0.132. The molecule has 2 aromatic rings. The average Bonchev–Trinajstić information content (AvgIpc) is 3.13. The minimum absolute atomic E-state index is 0.000865. The number of rotatable bonds is 3. The summed E-state index contributed by atoms with van der Waals surface area (Å²) in [6.07, 6.45) is 0. The van der Waals surface area contributed by atoms with Crippen molar-refractivity contribution in [2.75, 3.05) is 4.90 Å². The molecular weight excluding hydrogens is 414 g/mol. The summed E-state index contributed by atoms with van der Waals surface area (Å²) in [7, 11) is 0. The molecule has 4 rings (SSSR count). The normalized spacial score (nSPS) is 22.5. The van der Waals surface area contributed by atoms with Gasteiger partial charge in [-0.05, 0) is 18.2 Å². The molecule has 2 fully saturated rings. The van der Waals surface area contributed by atoms with Crippen LogP contribution in [0.15, 0.2) is 54.1 Å².